The van der Waals surface area contributed by atoms with Crippen LogP contribution in [0.25, 0.3) is 0 Å². The second kappa shape index (κ2) is 4.99. The maximum absolute atomic E-state index is 11.5. The molecule has 0 spiro atoms. The Balaban J connectivity index is 1.83. The highest BCUT2D eigenvalue weighted by molar-refractivity contribution is 5.80. The molecule has 1 aliphatic carbocycles. The molecule has 1 aromatic rings. The number of aliphatic carboxylic acids is 1. The van der Waals surface area contributed by atoms with E-state index in [1.807, 2.05) is 12.1 Å². The molecule has 2 rings (SSSR count). The minimum Gasteiger partial charge on any atom is -0.550 e. The Morgan fingerprint density at radius 1 is 1.18 bits per heavy atom. The summed E-state index contributed by atoms with van der Waals surface area (Å²) in [5.74, 6) is -1.40. The van der Waals surface area contributed by atoms with Crippen molar-refractivity contribution in [1.82, 2.24) is 5.32 Å². The van der Waals surface area contributed by atoms with E-state index in [-0.39, 0.29) is 24.8 Å². The Hall–Kier alpha value is -1.84. The Morgan fingerprint density at radius 2 is 1.76 bits per heavy atom. The van der Waals surface area contributed by atoms with E-state index < -0.39 is 5.97 Å². The molecule has 1 aromatic carbocycles. The van der Waals surface area contributed by atoms with E-state index in [0.29, 0.717) is 0 Å². The summed E-state index contributed by atoms with van der Waals surface area (Å²) in [4.78, 5) is 21.7. The molecule has 0 atom stereocenters. The van der Waals surface area contributed by atoms with E-state index in [1.165, 1.54) is 11.1 Å². The van der Waals surface area contributed by atoms with E-state index in [1.54, 1.807) is 0 Å². The SMILES string of the molecule is O=C([O-])CCC(=O)NC1Cc2ccccc2C1. The van der Waals surface area contributed by atoms with Gasteiger partial charge in [-0.1, -0.05) is 24.3 Å². The van der Waals surface area contributed by atoms with Crippen LogP contribution < -0.4 is 10.4 Å². The van der Waals surface area contributed by atoms with Crippen LogP contribution in [0.15, 0.2) is 24.3 Å². The number of rotatable bonds is 4. The summed E-state index contributed by atoms with van der Waals surface area (Å²) in [5, 5.41) is 13.1. The van der Waals surface area contributed by atoms with Gasteiger partial charge >= 0.3 is 0 Å². The third kappa shape index (κ3) is 3.06. The molecule has 0 bridgehead atoms. The number of fused-ring (bicyclic) bond motifs is 1. The molecule has 1 aliphatic rings. The summed E-state index contributed by atoms with van der Waals surface area (Å²) in [6.45, 7) is 0. The van der Waals surface area contributed by atoms with Gasteiger partial charge in [0.15, 0.2) is 0 Å². The number of hydrogen-bond acceptors (Lipinski definition) is 3. The highest BCUT2D eigenvalue weighted by Crippen LogP contribution is 2.21. The van der Waals surface area contributed by atoms with Crippen molar-refractivity contribution in [2.24, 2.45) is 0 Å². The van der Waals surface area contributed by atoms with Gasteiger partial charge in [-0.05, 0) is 30.4 Å². The molecular formula is C13H14NO3-. The lowest BCUT2D eigenvalue weighted by Crippen LogP contribution is -2.36. The van der Waals surface area contributed by atoms with E-state index in [0.717, 1.165) is 12.8 Å². The van der Waals surface area contributed by atoms with Gasteiger partial charge in [0.2, 0.25) is 5.91 Å². The number of hydrogen-bond donors (Lipinski definition) is 1. The normalized spacial score (nSPS) is 14.4. The molecule has 0 radical (unpaired) electrons. The molecule has 0 aliphatic heterocycles. The first kappa shape index (κ1) is 11.6. The Labute approximate surface area is 99.6 Å². The quantitative estimate of drug-likeness (QED) is 0.781. The van der Waals surface area contributed by atoms with Gasteiger partial charge in [-0.25, -0.2) is 0 Å². The molecule has 0 aromatic heterocycles. The minimum atomic E-state index is -1.19. The lowest BCUT2D eigenvalue weighted by molar-refractivity contribution is -0.305. The molecule has 0 saturated heterocycles. The maximum Gasteiger partial charge on any atom is 0.220 e. The number of carbonyl (C=O) groups excluding carboxylic acids is 2. The number of benzene rings is 1. The lowest BCUT2D eigenvalue weighted by Gasteiger charge is -2.12. The Morgan fingerprint density at radius 3 is 2.29 bits per heavy atom. The first-order chi connectivity index (χ1) is 8.15. The van der Waals surface area contributed by atoms with Crippen LogP contribution in [0.4, 0.5) is 0 Å². The number of carboxylic acid groups (broad SMARTS) is 1. The maximum atomic E-state index is 11.5. The van der Waals surface area contributed by atoms with Crippen molar-refractivity contribution in [3.8, 4) is 0 Å². The molecule has 1 N–H and O–H groups in total. The lowest BCUT2D eigenvalue weighted by atomic mass is 10.1. The molecule has 17 heavy (non-hydrogen) atoms. The summed E-state index contributed by atoms with van der Waals surface area (Å²) >= 11 is 0. The zero-order chi connectivity index (χ0) is 12.3. The predicted octanol–water partition coefficient (Wildman–Crippen LogP) is -0.200. The molecule has 0 fully saturated rings. The van der Waals surface area contributed by atoms with Crippen molar-refractivity contribution in [3.63, 3.8) is 0 Å². The van der Waals surface area contributed by atoms with Crippen molar-refractivity contribution < 1.29 is 14.7 Å². The molecule has 0 unspecified atom stereocenters. The molecule has 0 saturated carbocycles. The monoisotopic (exact) mass is 232 g/mol. The van der Waals surface area contributed by atoms with Gasteiger partial charge in [-0.2, -0.15) is 0 Å². The topological polar surface area (TPSA) is 69.2 Å². The first-order valence-corrected chi connectivity index (χ1v) is 5.71. The fourth-order valence-electron chi connectivity index (χ4n) is 2.18. The van der Waals surface area contributed by atoms with E-state index >= 15 is 0 Å². The average Bonchev–Trinajstić information content (AvgIpc) is 2.68. The van der Waals surface area contributed by atoms with E-state index in [4.69, 9.17) is 0 Å². The van der Waals surface area contributed by atoms with Crippen molar-refractivity contribution in [2.45, 2.75) is 31.7 Å². The van der Waals surface area contributed by atoms with Crippen molar-refractivity contribution in [1.29, 1.82) is 0 Å². The Kier molecular flexibility index (Phi) is 3.42. The van der Waals surface area contributed by atoms with Gasteiger partial charge in [-0.15, -0.1) is 0 Å². The van der Waals surface area contributed by atoms with Crippen molar-refractivity contribution in [3.05, 3.63) is 35.4 Å². The summed E-state index contributed by atoms with van der Waals surface area (Å²) < 4.78 is 0. The fraction of sp³-hybridized carbons (Fsp3) is 0.385. The van der Waals surface area contributed by atoms with Crippen LogP contribution in [0.2, 0.25) is 0 Å². The van der Waals surface area contributed by atoms with Crippen LogP contribution >= 0.6 is 0 Å². The number of amides is 1. The number of carboxylic acids is 1. The summed E-state index contributed by atoms with van der Waals surface area (Å²) in [6.07, 6.45) is 1.43. The number of nitrogens with one attached hydrogen (secondary N) is 1. The summed E-state index contributed by atoms with van der Waals surface area (Å²) in [7, 11) is 0. The van der Waals surface area contributed by atoms with Crippen molar-refractivity contribution in [2.75, 3.05) is 0 Å². The van der Waals surface area contributed by atoms with Crippen LogP contribution in [-0.2, 0) is 22.4 Å². The van der Waals surface area contributed by atoms with Gasteiger partial charge in [0.05, 0.1) is 0 Å². The standard InChI is InChI=1S/C13H15NO3/c15-12(5-6-13(16)17)14-11-7-9-3-1-2-4-10(9)8-11/h1-4,11H,5-8H2,(H,14,15)(H,16,17)/p-1. The highest BCUT2D eigenvalue weighted by atomic mass is 16.4. The molecule has 90 valence electrons. The van der Waals surface area contributed by atoms with Gasteiger partial charge in [0, 0.05) is 18.4 Å². The molecule has 4 heteroatoms. The van der Waals surface area contributed by atoms with Gasteiger partial charge in [-0.3, -0.25) is 4.79 Å². The molecule has 0 heterocycles. The number of carbonyl (C=O) groups is 2. The van der Waals surface area contributed by atoms with Crippen LogP contribution in [0.3, 0.4) is 0 Å². The smallest absolute Gasteiger partial charge is 0.220 e. The van der Waals surface area contributed by atoms with Gasteiger partial charge in [0.1, 0.15) is 0 Å². The second-order valence-corrected chi connectivity index (χ2v) is 4.31. The molecule has 4 nitrogen and oxygen atoms in total. The first-order valence-electron chi connectivity index (χ1n) is 5.71. The van der Waals surface area contributed by atoms with E-state index in [2.05, 4.69) is 17.4 Å². The average molecular weight is 232 g/mol. The van der Waals surface area contributed by atoms with Gasteiger partial charge < -0.3 is 15.2 Å². The van der Waals surface area contributed by atoms with Crippen LogP contribution in [0.1, 0.15) is 24.0 Å². The summed E-state index contributed by atoms with van der Waals surface area (Å²) in [6, 6.07) is 8.19. The zero-order valence-electron chi connectivity index (χ0n) is 9.44. The van der Waals surface area contributed by atoms with Crippen molar-refractivity contribution >= 4 is 11.9 Å². The van der Waals surface area contributed by atoms with Crippen LogP contribution in [0, 0.1) is 0 Å². The molecular weight excluding hydrogens is 218 g/mol. The highest BCUT2D eigenvalue weighted by Gasteiger charge is 2.21. The molecule has 1 amide bonds. The minimum absolute atomic E-state index is 0.00478. The van der Waals surface area contributed by atoms with E-state index in [9.17, 15) is 14.7 Å². The third-order valence-corrected chi connectivity index (χ3v) is 2.97. The summed E-state index contributed by atoms with van der Waals surface area (Å²) in [5.41, 5.74) is 2.52. The van der Waals surface area contributed by atoms with Crippen LogP contribution in [0.5, 0.6) is 0 Å². The van der Waals surface area contributed by atoms with Crippen LogP contribution in [-0.4, -0.2) is 17.9 Å². The largest absolute Gasteiger partial charge is 0.550 e. The predicted molar refractivity (Wildman–Crippen MR) is 60.0 cm³/mol. The zero-order valence-corrected chi connectivity index (χ0v) is 9.44. The second-order valence-electron chi connectivity index (χ2n) is 4.31. The third-order valence-electron chi connectivity index (χ3n) is 2.97. The fourth-order valence-corrected chi connectivity index (χ4v) is 2.18. The van der Waals surface area contributed by atoms with Gasteiger partial charge in [0.25, 0.3) is 0 Å². The Bertz CT molecular complexity index is 417.